The van der Waals surface area contributed by atoms with Crippen molar-refractivity contribution in [3.05, 3.63) is 33.9 Å². The molecule has 0 aliphatic rings. The maximum absolute atomic E-state index is 12.3. The zero-order chi connectivity index (χ0) is 14.6. The zero-order valence-electron chi connectivity index (χ0n) is 10.9. The van der Waals surface area contributed by atoms with Gasteiger partial charge in [0.25, 0.3) is 11.6 Å². The number of rotatable bonds is 5. The first kappa shape index (κ1) is 14.9. The maximum atomic E-state index is 12.3. The van der Waals surface area contributed by atoms with E-state index in [0.717, 1.165) is 0 Å². The molecule has 0 aromatic heterocycles. The van der Waals surface area contributed by atoms with Gasteiger partial charge in [-0.15, -0.1) is 0 Å². The zero-order valence-corrected chi connectivity index (χ0v) is 10.9. The summed E-state index contributed by atoms with van der Waals surface area (Å²) in [7, 11) is 0. The maximum Gasteiger partial charge on any atom is 0.282 e. The van der Waals surface area contributed by atoms with Gasteiger partial charge in [0.2, 0.25) is 0 Å². The van der Waals surface area contributed by atoms with Crippen LogP contribution < -0.4 is 5.73 Å². The summed E-state index contributed by atoms with van der Waals surface area (Å²) in [5, 5.41) is 19.9. The number of nitro groups is 1. The molecule has 0 radical (unpaired) electrons. The SMILES string of the molecule is CC(C)N(CCO)C(=O)c1cc(N)ccc1[N+](=O)[O-]. The average molecular weight is 267 g/mol. The van der Waals surface area contributed by atoms with Gasteiger partial charge in [0.1, 0.15) is 5.56 Å². The summed E-state index contributed by atoms with van der Waals surface area (Å²) in [6.07, 6.45) is 0. The standard InChI is InChI=1S/C12H17N3O4/c1-8(2)14(5-6-16)12(17)10-7-9(13)3-4-11(10)15(18)19/h3-4,7-8,16H,5-6,13H2,1-2H3. The van der Waals surface area contributed by atoms with E-state index in [1.54, 1.807) is 13.8 Å². The van der Waals surface area contributed by atoms with Crippen molar-refractivity contribution in [3.8, 4) is 0 Å². The third-order valence-corrected chi connectivity index (χ3v) is 2.67. The first-order valence-corrected chi connectivity index (χ1v) is 5.84. The van der Waals surface area contributed by atoms with E-state index in [2.05, 4.69) is 0 Å². The molecule has 7 nitrogen and oxygen atoms in total. The smallest absolute Gasteiger partial charge is 0.282 e. The summed E-state index contributed by atoms with van der Waals surface area (Å²) in [5.74, 6) is -0.511. The van der Waals surface area contributed by atoms with Crippen LogP contribution in [0.1, 0.15) is 24.2 Å². The van der Waals surface area contributed by atoms with Crippen LogP contribution in [-0.2, 0) is 0 Å². The number of nitrogens with two attached hydrogens (primary N) is 1. The molecule has 0 spiro atoms. The van der Waals surface area contributed by atoms with Crippen molar-refractivity contribution in [2.75, 3.05) is 18.9 Å². The second-order valence-corrected chi connectivity index (χ2v) is 4.35. The van der Waals surface area contributed by atoms with Crippen LogP contribution in [-0.4, -0.2) is 40.0 Å². The van der Waals surface area contributed by atoms with Gasteiger partial charge in [-0.05, 0) is 26.0 Å². The van der Waals surface area contributed by atoms with Crippen molar-refractivity contribution >= 4 is 17.3 Å². The Morgan fingerprint density at radius 3 is 2.63 bits per heavy atom. The molecule has 7 heteroatoms. The molecule has 104 valence electrons. The second kappa shape index (κ2) is 6.14. The third-order valence-electron chi connectivity index (χ3n) is 2.67. The molecule has 19 heavy (non-hydrogen) atoms. The number of nitrogens with zero attached hydrogens (tertiary/aromatic N) is 2. The fourth-order valence-corrected chi connectivity index (χ4v) is 1.74. The highest BCUT2D eigenvalue weighted by molar-refractivity contribution is 5.99. The van der Waals surface area contributed by atoms with Crippen LogP contribution in [0.4, 0.5) is 11.4 Å². The monoisotopic (exact) mass is 267 g/mol. The Morgan fingerprint density at radius 1 is 1.53 bits per heavy atom. The molecule has 1 amide bonds. The molecule has 0 aliphatic carbocycles. The largest absolute Gasteiger partial charge is 0.399 e. The third kappa shape index (κ3) is 3.41. The molecule has 0 heterocycles. The van der Waals surface area contributed by atoms with E-state index in [1.165, 1.54) is 23.1 Å². The molecule has 0 atom stereocenters. The van der Waals surface area contributed by atoms with Crippen molar-refractivity contribution < 1.29 is 14.8 Å². The molecule has 0 saturated heterocycles. The second-order valence-electron chi connectivity index (χ2n) is 4.35. The Morgan fingerprint density at radius 2 is 2.16 bits per heavy atom. The highest BCUT2D eigenvalue weighted by Gasteiger charge is 2.26. The van der Waals surface area contributed by atoms with Gasteiger partial charge in [-0.3, -0.25) is 14.9 Å². The summed E-state index contributed by atoms with van der Waals surface area (Å²) >= 11 is 0. The van der Waals surface area contributed by atoms with Gasteiger partial charge in [0.15, 0.2) is 0 Å². The number of nitrogen functional groups attached to an aromatic ring is 1. The minimum absolute atomic E-state index is 0.0628. The van der Waals surface area contributed by atoms with Crippen LogP contribution in [0.15, 0.2) is 18.2 Å². The lowest BCUT2D eigenvalue weighted by Gasteiger charge is -2.25. The topological polar surface area (TPSA) is 110 Å². The molecule has 0 saturated carbocycles. The quantitative estimate of drug-likeness (QED) is 0.470. The van der Waals surface area contributed by atoms with Gasteiger partial charge in [-0.2, -0.15) is 0 Å². The van der Waals surface area contributed by atoms with Gasteiger partial charge < -0.3 is 15.7 Å². The van der Waals surface area contributed by atoms with Gasteiger partial charge >= 0.3 is 0 Å². The van der Waals surface area contributed by atoms with E-state index in [-0.39, 0.29) is 36.1 Å². The Bertz CT molecular complexity index is 488. The summed E-state index contributed by atoms with van der Waals surface area (Å²) in [4.78, 5) is 24.0. The number of carbonyl (C=O) groups excluding carboxylic acids is 1. The van der Waals surface area contributed by atoms with Crippen LogP contribution in [0.3, 0.4) is 0 Å². The molecule has 1 aromatic carbocycles. The molecule has 0 fully saturated rings. The lowest BCUT2D eigenvalue weighted by atomic mass is 10.1. The minimum Gasteiger partial charge on any atom is -0.399 e. The predicted octanol–water partition coefficient (Wildman–Crippen LogP) is 1.02. The fraction of sp³-hybridized carbons (Fsp3) is 0.417. The number of anilines is 1. The van der Waals surface area contributed by atoms with Crippen molar-refractivity contribution in [2.24, 2.45) is 0 Å². The fourth-order valence-electron chi connectivity index (χ4n) is 1.74. The minimum atomic E-state index is -0.621. The molecule has 0 unspecified atom stereocenters. The summed E-state index contributed by atoms with van der Waals surface area (Å²) in [5.41, 5.74) is 5.50. The number of benzene rings is 1. The number of hydrogen-bond acceptors (Lipinski definition) is 5. The van der Waals surface area contributed by atoms with E-state index in [0.29, 0.717) is 0 Å². The molecular formula is C12H17N3O4. The number of nitro benzene ring substituents is 1. The predicted molar refractivity (Wildman–Crippen MR) is 70.8 cm³/mol. The molecule has 0 bridgehead atoms. The number of aliphatic hydroxyl groups is 1. The van der Waals surface area contributed by atoms with E-state index in [9.17, 15) is 14.9 Å². The Kier molecular flexibility index (Phi) is 4.82. The van der Waals surface area contributed by atoms with Crippen molar-refractivity contribution in [3.63, 3.8) is 0 Å². The highest BCUT2D eigenvalue weighted by Crippen LogP contribution is 2.23. The molecule has 1 aromatic rings. The van der Waals surface area contributed by atoms with Crippen LogP contribution in [0, 0.1) is 10.1 Å². The van der Waals surface area contributed by atoms with E-state index in [1.807, 2.05) is 0 Å². The van der Waals surface area contributed by atoms with Crippen molar-refractivity contribution in [1.82, 2.24) is 4.90 Å². The van der Waals surface area contributed by atoms with E-state index in [4.69, 9.17) is 10.8 Å². The first-order chi connectivity index (χ1) is 8.88. The molecule has 0 aliphatic heterocycles. The van der Waals surface area contributed by atoms with Crippen LogP contribution >= 0.6 is 0 Å². The Balaban J connectivity index is 3.23. The van der Waals surface area contributed by atoms with Gasteiger partial charge in [-0.25, -0.2) is 0 Å². The summed E-state index contributed by atoms with van der Waals surface area (Å²) < 4.78 is 0. The summed E-state index contributed by atoms with van der Waals surface area (Å²) in [6.45, 7) is 3.44. The number of aliphatic hydroxyl groups excluding tert-OH is 1. The van der Waals surface area contributed by atoms with Crippen LogP contribution in [0.25, 0.3) is 0 Å². The number of amides is 1. The average Bonchev–Trinajstić information content (AvgIpc) is 2.34. The van der Waals surface area contributed by atoms with Gasteiger partial charge in [0, 0.05) is 24.3 Å². The lowest BCUT2D eigenvalue weighted by molar-refractivity contribution is -0.385. The number of carbonyl (C=O) groups is 1. The summed E-state index contributed by atoms with van der Waals surface area (Å²) in [6, 6.07) is 3.69. The normalized spacial score (nSPS) is 10.5. The Hall–Kier alpha value is -2.15. The van der Waals surface area contributed by atoms with Gasteiger partial charge in [-0.1, -0.05) is 0 Å². The van der Waals surface area contributed by atoms with Gasteiger partial charge in [0.05, 0.1) is 11.5 Å². The molecule has 1 rings (SSSR count). The number of hydrogen-bond donors (Lipinski definition) is 2. The van der Waals surface area contributed by atoms with Crippen LogP contribution in [0.2, 0.25) is 0 Å². The van der Waals surface area contributed by atoms with Crippen molar-refractivity contribution in [2.45, 2.75) is 19.9 Å². The first-order valence-electron chi connectivity index (χ1n) is 5.84. The molecule has 3 N–H and O–H groups in total. The van der Waals surface area contributed by atoms with Crippen LogP contribution in [0.5, 0.6) is 0 Å². The highest BCUT2D eigenvalue weighted by atomic mass is 16.6. The lowest BCUT2D eigenvalue weighted by Crippen LogP contribution is -2.39. The van der Waals surface area contributed by atoms with Crippen molar-refractivity contribution in [1.29, 1.82) is 0 Å². The van der Waals surface area contributed by atoms with E-state index < -0.39 is 10.8 Å². The Labute approximate surface area is 110 Å². The molecular weight excluding hydrogens is 250 g/mol. The van der Waals surface area contributed by atoms with E-state index >= 15 is 0 Å².